The summed E-state index contributed by atoms with van der Waals surface area (Å²) in [7, 11) is 0. The van der Waals surface area contributed by atoms with Crippen molar-refractivity contribution in [3.05, 3.63) is 36.4 Å². The van der Waals surface area contributed by atoms with Gasteiger partial charge in [0.25, 0.3) is 0 Å². The van der Waals surface area contributed by atoms with Crippen molar-refractivity contribution in [2.24, 2.45) is 5.73 Å². The van der Waals surface area contributed by atoms with E-state index in [1.54, 1.807) is 6.08 Å². The van der Waals surface area contributed by atoms with Crippen molar-refractivity contribution < 1.29 is 4.79 Å². The summed E-state index contributed by atoms with van der Waals surface area (Å²) in [6.07, 6.45) is 1.76. The third-order valence-corrected chi connectivity index (χ3v) is 2.73. The monoisotopic (exact) mass is 222 g/mol. The van der Waals surface area contributed by atoms with Crippen molar-refractivity contribution >= 4 is 29.7 Å². The molecule has 1 rings (SSSR count). The lowest BCUT2D eigenvalue weighted by Crippen LogP contribution is -2.29. The molecule has 0 bridgehead atoms. The minimum Gasteiger partial charge on any atom is -0.350 e. The van der Waals surface area contributed by atoms with Crippen LogP contribution < -0.4 is 10.0 Å². The number of nitrogens with two attached hydrogens (primary N) is 1. The minimum atomic E-state index is -0.451. The van der Waals surface area contributed by atoms with E-state index >= 15 is 0 Å². The van der Waals surface area contributed by atoms with Gasteiger partial charge in [0, 0.05) is 5.75 Å². The first kappa shape index (κ1) is 11.7. The van der Waals surface area contributed by atoms with Crippen LogP contribution in [0.15, 0.2) is 30.8 Å². The van der Waals surface area contributed by atoms with E-state index in [2.05, 4.69) is 6.58 Å². The van der Waals surface area contributed by atoms with Gasteiger partial charge in [0.1, 0.15) is 0 Å². The fraction of sp³-hybridized carbons (Fsp3) is 0.182. The third kappa shape index (κ3) is 3.02. The lowest BCUT2D eigenvalue weighted by atomic mass is 10.2. The van der Waals surface area contributed by atoms with Crippen molar-refractivity contribution in [2.75, 3.05) is 10.1 Å². The Kier molecular flexibility index (Phi) is 4.24. The van der Waals surface area contributed by atoms with E-state index in [1.807, 2.05) is 31.2 Å². The van der Waals surface area contributed by atoms with Crippen molar-refractivity contribution in [3.63, 3.8) is 0 Å². The molecule has 0 unspecified atom stereocenters. The first-order chi connectivity index (χ1) is 7.19. The summed E-state index contributed by atoms with van der Waals surface area (Å²) in [6.45, 7) is 5.64. The van der Waals surface area contributed by atoms with E-state index in [0.717, 1.165) is 17.0 Å². The normalized spacial score (nSPS) is 9.67. The highest BCUT2D eigenvalue weighted by molar-refractivity contribution is 8.01. The number of urea groups is 1. The molecule has 0 aliphatic rings. The molecule has 0 heterocycles. The Labute approximate surface area is 94.1 Å². The average Bonchev–Trinajstić information content (AvgIpc) is 2.26. The van der Waals surface area contributed by atoms with Crippen LogP contribution in [0.2, 0.25) is 0 Å². The van der Waals surface area contributed by atoms with Crippen molar-refractivity contribution in [1.82, 2.24) is 0 Å². The molecule has 4 heteroatoms. The summed E-state index contributed by atoms with van der Waals surface area (Å²) in [5.41, 5.74) is 7.08. The smallest absolute Gasteiger partial charge is 0.329 e. The molecule has 15 heavy (non-hydrogen) atoms. The minimum absolute atomic E-state index is 0.451. The zero-order chi connectivity index (χ0) is 11.3. The van der Waals surface area contributed by atoms with Crippen LogP contribution in [0.3, 0.4) is 0 Å². The van der Waals surface area contributed by atoms with Crippen molar-refractivity contribution in [2.45, 2.75) is 6.92 Å². The molecule has 0 saturated heterocycles. The summed E-state index contributed by atoms with van der Waals surface area (Å²) in [5.74, 6) is 0.798. The summed E-state index contributed by atoms with van der Waals surface area (Å²) in [4.78, 5) is 11.2. The second-order valence-corrected chi connectivity index (χ2v) is 4.05. The maximum atomic E-state index is 11.2. The second-order valence-electron chi connectivity index (χ2n) is 2.85. The third-order valence-electron chi connectivity index (χ3n) is 1.82. The van der Waals surface area contributed by atoms with Gasteiger partial charge in [0.15, 0.2) is 0 Å². The second kappa shape index (κ2) is 5.46. The number of amides is 2. The van der Waals surface area contributed by atoms with E-state index in [-0.39, 0.29) is 0 Å². The molecule has 0 aliphatic heterocycles. The van der Waals surface area contributed by atoms with Gasteiger partial charge in [0.05, 0.1) is 5.69 Å². The maximum absolute atomic E-state index is 11.2. The fourth-order valence-electron chi connectivity index (χ4n) is 1.14. The van der Waals surface area contributed by atoms with Gasteiger partial charge in [-0.2, -0.15) is 0 Å². The van der Waals surface area contributed by atoms with Gasteiger partial charge in [-0.05, 0) is 29.6 Å². The molecule has 0 aromatic heterocycles. The summed E-state index contributed by atoms with van der Waals surface area (Å²) < 4.78 is 1.48. The van der Waals surface area contributed by atoms with Crippen molar-refractivity contribution in [1.29, 1.82) is 0 Å². The summed E-state index contributed by atoms with van der Waals surface area (Å²) in [6, 6.07) is 7.05. The number of hydrogen-bond donors (Lipinski definition) is 1. The molecule has 0 atom stereocenters. The highest BCUT2D eigenvalue weighted by Gasteiger charge is 2.11. The molecule has 80 valence electrons. The maximum Gasteiger partial charge on any atom is 0.329 e. The average molecular weight is 222 g/mol. The standard InChI is InChI=1S/C11H14N2OS/c1-3-9-5-7-10(8-6-9)13(11(12)14)15-4-2/h3,5-8H,1,4H2,2H3,(H2,12,14). The number of anilines is 1. The quantitative estimate of drug-likeness (QED) is 0.796. The molecule has 3 nitrogen and oxygen atoms in total. The highest BCUT2D eigenvalue weighted by Crippen LogP contribution is 2.22. The van der Waals surface area contributed by atoms with Gasteiger partial charge >= 0.3 is 6.03 Å². The topological polar surface area (TPSA) is 46.3 Å². The van der Waals surface area contributed by atoms with E-state index < -0.39 is 6.03 Å². The Hall–Kier alpha value is -1.42. The van der Waals surface area contributed by atoms with E-state index in [9.17, 15) is 4.79 Å². The molecule has 2 amide bonds. The van der Waals surface area contributed by atoms with E-state index in [0.29, 0.717) is 0 Å². The molecule has 0 radical (unpaired) electrons. The first-order valence-corrected chi connectivity index (χ1v) is 5.58. The number of nitrogens with zero attached hydrogens (tertiary/aromatic N) is 1. The molecule has 0 aliphatic carbocycles. The van der Waals surface area contributed by atoms with Gasteiger partial charge in [-0.3, -0.25) is 0 Å². The Morgan fingerprint density at radius 2 is 2.13 bits per heavy atom. The number of carbonyl (C=O) groups is 1. The van der Waals surface area contributed by atoms with Crippen LogP contribution in [0.5, 0.6) is 0 Å². The molecular formula is C11H14N2OS. The molecule has 1 aromatic rings. The van der Waals surface area contributed by atoms with Crippen LogP contribution in [0.25, 0.3) is 6.08 Å². The van der Waals surface area contributed by atoms with Crippen LogP contribution in [-0.2, 0) is 0 Å². The molecule has 0 saturated carbocycles. The predicted octanol–water partition coefficient (Wildman–Crippen LogP) is 2.88. The largest absolute Gasteiger partial charge is 0.350 e. The Morgan fingerprint density at radius 1 is 1.53 bits per heavy atom. The molecule has 0 fully saturated rings. The van der Waals surface area contributed by atoms with Crippen LogP contribution in [0, 0.1) is 0 Å². The van der Waals surface area contributed by atoms with Crippen LogP contribution in [-0.4, -0.2) is 11.8 Å². The zero-order valence-electron chi connectivity index (χ0n) is 8.64. The lowest BCUT2D eigenvalue weighted by molar-refractivity contribution is 0.257. The number of carbonyl (C=O) groups excluding carboxylic acids is 1. The Morgan fingerprint density at radius 3 is 2.53 bits per heavy atom. The van der Waals surface area contributed by atoms with Gasteiger partial charge in [0.2, 0.25) is 0 Å². The van der Waals surface area contributed by atoms with E-state index in [4.69, 9.17) is 5.73 Å². The molecule has 2 N–H and O–H groups in total. The van der Waals surface area contributed by atoms with E-state index in [1.165, 1.54) is 16.3 Å². The highest BCUT2D eigenvalue weighted by atomic mass is 32.2. The van der Waals surface area contributed by atoms with Gasteiger partial charge in [-0.15, -0.1) is 0 Å². The summed E-state index contributed by atoms with van der Waals surface area (Å²) in [5, 5.41) is 0. The molecule has 0 spiro atoms. The number of rotatable bonds is 4. The van der Waals surface area contributed by atoms with Crippen LogP contribution in [0.1, 0.15) is 12.5 Å². The van der Waals surface area contributed by atoms with Gasteiger partial charge in [-0.25, -0.2) is 9.10 Å². The number of primary amides is 1. The van der Waals surface area contributed by atoms with Gasteiger partial charge < -0.3 is 5.73 Å². The van der Waals surface area contributed by atoms with Crippen LogP contribution >= 0.6 is 11.9 Å². The molecule has 1 aromatic carbocycles. The summed E-state index contributed by atoms with van der Waals surface area (Å²) >= 11 is 1.38. The number of benzene rings is 1. The van der Waals surface area contributed by atoms with Crippen LogP contribution in [0.4, 0.5) is 10.5 Å². The fourth-order valence-corrected chi connectivity index (χ4v) is 1.80. The Bertz CT molecular complexity index is 348. The Balaban J connectivity index is 2.91. The zero-order valence-corrected chi connectivity index (χ0v) is 9.46. The number of hydrogen-bond acceptors (Lipinski definition) is 2. The first-order valence-electron chi connectivity index (χ1n) is 4.64. The van der Waals surface area contributed by atoms with Crippen molar-refractivity contribution in [3.8, 4) is 0 Å². The molecular weight excluding hydrogens is 208 g/mol. The SMILES string of the molecule is C=Cc1ccc(N(SCC)C(N)=O)cc1. The lowest BCUT2D eigenvalue weighted by Gasteiger charge is -2.18. The predicted molar refractivity (Wildman–Crippen MR) is 66.7 cm³/mol. The van der Waals surface area contributed by atoms with Gasteiger partial charge in [-0.1, -0.05) is 31.7 Å².